The molecular formula is C23H15N3O3S. The zero-order valence-corrected chi connectivity index (χ0v) is 16.5. The maximum atomic E-state index is 12.8. The smallest absolute Gasteiger partial charge is 0.270 e. The fourth-order valence-corrected chi connectivity index (χ4v) is 4.34. The van der Waals surface area contributed by atoms with Crippen molar-refractivity contribution in [2.45, 2.75) is 6.54 Å². The van der Waals surface area contributed by atoms with Gasteiger partial charge >= 0.3 is 0 Å². The van der Waals surface area contributed by atoms with Crippen molar-refractivity contribution in [2.24, 2.45) is 0 Å². The molecule has 3 aromatic carbocycles. The molecule has 0 atom stereocenters. The molecule has 0 fully saturated rings. The minimum Gasteiger partial charge on any atom is -0.294 e. The number of fused-ring (bicyclic) bond motifs is 2. The number of benzene rings is 3. The summed E-state index contributed by atoms with van der Waals surface area (Å²) in [5.41, 5.74) is 3.23. The minimum absolute atomic E-state index is 0.119. The van der Waals surface area contributed by atoms with E-state index in [-0.39, 0.29) is 16.6 Å². The molecule has 5 aromatic rings. The van der Waals surface area contributed by atoms with Crippen molar-refractivity contribution in [3.05, 3.63) is 104 Å². The van der Waals surface area contributed by atoms with Crippen molar-refractivity contribution < 1.29 is 4.92 Å². The molecular weight excluding hydrogens is 398 g/mol. The van der Waals surface area contributed by atoms with Crippen LogP contribution in [0.5, 0.6) is 0 Å². The second-order valence-corrected chi connectivity index (χ2v) is 7.95. The molecule has 0 aliphatic carbocycles. The van der Waals surface area contributed by atoms with Gasteiger partial charge in [-0.05, 0) is 45.7 Å². The molecule has 7 heteroatoms. The van der Waals surface area contributed by atoms with Gasteiger partial charge in [0.1, 0.15) is 0 Å². The van der Waals surface area contributed by atoms with Crippen LogP contribution in [0.3, 0.4) is 0 Å². The number of nitro groups is 1. The number of rotatable bonds is 4. The number of nitrogens with zero attached hydrogens (tertiary/aromatic N) is 3. The zero-order chi connectivity index (χ0) is 20.7. The van der Waals surface area contributed by atoms with E-state index in [1.54, 1.807) is 11.3 Å². The van der Waals surface area contributed by atoms with Gasteiger partial charge in [-0.3, -0.25) is 19.5 Å². The first-order valence-electron chi connectivity index (χ1n) is 9.29. The molecule has 5 rings (SSSR count). The van der Waals surface area contributed by atoms with Crippen molar-refractivity contribution in [3.8, 4) is 11.1 Å². The number of aromatic nitrogens is 2. The standard InChI is InChI=1S/C23H15N3O3S/c27-23-20-12-19(26(28)29)7-8-21(20)24-14-25(23)13-15-1-3-16(4-2-15)18-6-5-17-9-10-30-22(17)11-18/h1-12,14H,13H2. The third-order valence-corrected chi connectivity index (χ3v) is 5.99. The van der Waals surface area contributed by atoms with Crippen LogP contribution in [-0.4, -0.2) is 14.5 Å². The Balaban J connectivity index is 1.45. The molecule has 0 radical (unpaired) electrons. The van der Waals surface area contributed by atoms with Gasteiger partial charge in [-0.1, -0.05) is 36.4 Å². The van der Waals surface area contributed by atoms with E-state index in [1.807, 2.05) is 24.3 Å². The highest BCUT2D eigenvalue weighted by molar-refractivity contribution is 7.17. The molecule has 0 saturated heterocycles. The van der Waals surface area contributed by atoms with Crippen LogP contribution in [-0.2, 0) is 6.54 Å². The lowest BCUT2D eigenvalue weighted by Gasteiger charge is -2.08. The van der Waals surface area contributed by atoms with Crippen LogP contribution >= 0.6 is 11.3 Å². The van der Waals surface area contributed by atoms with E-state index >= 15 is 0 Å². The molecule has 30 heavy (non-hydrogen) atoms. The Labute approximate surface area is 174 Å². The predicted molar refractivity (Wildman–Crippen MR) is 119 cm³/mol. The van der Waals surface area contributed by atoms with E-state index in [0.29, 0.717) is 12.1 Å². The van der Waals surface area contributed by atoms with Gasteiger partial charge in [0, 0.05) is 16.8 Å². The van der Waals surface area contributed by atoms with Crippen LogP contribution in [0.1, 0.15) is 5.56 Å². The average molecular weight is 413 g/mol. The zero-order valence-electron chi connectivity index (χ0n) is 15.7. The Morgan fingerprint density at radius 2 is 1.77 bits per heavy atom. The van der Waals surface area contributed by atoms with Gasteiger partial charge < -0.3 is 0 Å². The number of hydrogen-bond donors (Lipinski definition) is 0. The molecule has 146 valence electrons. The van der Waals surface area contributed by atoms with Crippen LogP contribution in [0.2, 0.25) is 0 Å². The topological polar surface area (TPSA) is 78.0 Å². The maximum absolute atomic E-state index is 12.8. The van der Waals surface area contributed by atoms with Gasteiger partial charge in [-0.25, -0.2) is 4.98 Å². The van der Waals surface area contributed by atoms with E-state index in [4.69, 9.17) is 0 Å². The lowest BCUT2D eigenvalue weighted by Crippen LogP contribution is -2.21. The third kappa shape index (κ3) is 3.25. The number of nitro benzene ring substituents is 1. The van der Waals surface area contributed by atoms with Crippen LogP contribution in [0.25, 0.3) is 32.1 Å². The Morgan fingerprint density at radius 3 is 2.57 bits per heavy atom. The summed E-state index contributed by atoms with van der Waals surface area (Å²) in [5.74, 6) is 0. The molecule has 0 aliphatic rings. The molecule has 2 aromatic heterocycles. The van der Waals surface area contributed by atoms with Crippen LogP contribution in [0.15, 0.2) is 83.2 Å². The van der Waals surface area contributed by atoms with Gasteiger partial charge in [-0.15, -0.1) is 11.3 Å². The van der Waals surface area contributed by atoms with Gasteiger partial charge in [0.15, 0.2) is 0 Å². The van der Waals surface area contributed by atoms with Gasteiger partial charge in [0.25, 0.3) is 11.2 Å². The van der Waals surface area contributed by atoms with Gasteiger partial charge in [0.2, 0.25) is 0 Å². The average Bonchev–Trinajstić information content (AvgIpc) is 3.24. The predicted octanol–water partition coefficient (Wildman–Crippen LogP) is 5.23. The number of hydrogen-bond acceptors (Lipinski definition) is 5. The van der Waals surface area contributed by atoms with E-state index in [2.05, 4.69) is 34.6 Å². The van der Waals surface area contributed by atoms with Crippen LogP contribution in [0.4, 0.5) is 5.69 Å². The number of thiophene rings is 1. The lowest BCUT2D eigenvalue weighted by atomic mass is 10.0. The fraction of sp³-hybridized carbons (Fsp3) is 0.0435. The van der Waals surface area contributed by atoms with Crippen molar-refractivity contribution in [1.29, 1.82) is 0 Å². The van der Waals surface area contributed by atoms with Crippen LogP contribution < -0.4 is 5.56 Å². The fourth-order valence-electron chi connectivity index (χ4n) is 3.51. The van der Waals surface area contributed by atoms with E-state index in [9.17, 15) is 14.9 Å². The highest BCUT2D eigenvalue weighted by Gasteiger charge is 2.11. The summed E-state index contributed by atoms with van der Waals surface area (Å²) in [6.07, 6.45) is 1.48. The van der Waals surface area contributed by atoms with Crippen molar-refractivity contribution in [1.82, 2.24) is 9.55 Å². The normalized spacial score (nSPS) is 11.2. The first kappa shape index (κ1) is 18.2. The number of non-ortho nitro benzene ring substituents is 1. The maximum Gasteiger partial charge on any atom is 0.270 e. The summed E-state index contributed by atoms with van der Waals surface area (Å²) in [6.45, 7) is 0.342. The largest absolute Gasteiger partial charge is 0.294 e. The Hall–Kier alpha value is -3.84. The molecule has 6 nitrogen and oxygen atoms in total. The Morgan fingerprint density at radius 1 is 0.967 bits per heavy atom. The first-order chi connectivity index (χ1) is 14.6. The molecule has 0 spiro atoms. The van der Waals surface area contributed by atoms with Gasteiger partial charge in [0.05, 0.1) is 28.7 Å². The molecule has 0 N–H and O–H groups in total. The van der Waals surface area contributed by atoms with Crippen molar-refractivity contribution >= 4 is 38.0 Å². The second-order valence-electron chi connectivity index (χ2n) is 7.01. The molecule has 0 aliphatic heterocycles. The van der Waals surface area contributed by atoms with Crippen molar-refractivity contribution in [3.63, 3.8) is 0 Å². The highest BCUT2D eigenvalue weighted by atomic mass is 32.1. The lowest BCUT2D eigenvalue weighted by molar-refractivity contribution is -0.384. The molecule has 0 bridgehead atoms. The Bertz CT molecular complexity index is 1470. The molecule has 0 saturated carbocycles. The molecule has 2 heterocycles. The van der Waals surface area contributed by atoms with E-state index in [0.717, 1.165) is 16.7 Å². The first-order valence-corrected chi connectivity index (χ1v) is 10.2. The summed E-state index contributed by atoms with van der Waals surface area (Å²) in [4.78, 5) is 27.6. The van der Waals surface area contributed by atoms with E-state index in [1.165, 1.54) is 39.2 Å². The SMILES string of the molecule is O=c1c2cc([N+](=O)[O-])ccc2ncn1Cc1ccc(-c2ccc3ccsc3c2)cc1. The monoisotopic (exact) mass is 413 g/mol. The molecule has 0 unspecified atom stereocenters. The quantitative estimate of drug-likeness (QED) is 0.298. The summed E-state index contributed by atoms with van der Waals surface area (Å²) in [7, 11) is 0. The van der Waals surface area contributed by atoms with Gasteiger partial charge in [-0.2, -0.15) is 0 Å². The summed E-state index contributed by atoms with van der Waals surface area (Å²) < 4.78 is 2.72. The van der Waals surface area contributed by atoms with Crippen LogP contribution in [0, 0.1) is 10.1 Å². The van der Waals surface area contributed by atoms with E-state index < -0.39 is 4.92 Å². The second kappa shape index (κ2) is 7.20. The third-order valence-electron chi connectivity index (χ3n) is 5.11. The Kier molecular flexibility index (Phi) is 4.37. The highest BCUT2D eigenvalue weighted by Crippen LogP contribution is 2.28. The van der Waals surface area contributed by atoms with Crippen molar-refractivity contribution in [2.75, 3.05) is 0 Å². The summed E-state index contributed by atoms with van der Waals surface area (Å²) in [5, 5.41) is 14.6. The summed E-state index contributed by atoms with van der Waals surface area (Å²) >= 11 is 1.72. The summed E-state index contributed by atoms with van der Waals surface area (Å²) in [6, 6.07) is 20.7. The minimum atomic E-state index is -0.511. The molecule has 0 amide bonds.